The van der Waals surface area contributed by atoms with Gasteiger partial charge in [-0.2, -0.15) is 0 Å². The lowest BCUT2D eigenvalue weighted by molar-refractivity contribution is 0.108. The first-order chi connectivity index (χ1) is 7.79. The van der Waals surface area contributed by atoms with E-state index in [9.17, 15) is 0 Å². The van der Waals surface area contributed by atoms with Crippen LogP contribution in [0, 0.1) is 0 Å². The Morgan fingerprint density at radius 3 is 2.94 bits per heavy atom. The lowest BCUT2D eigenvalue weighted by atomic mass is 10.1. The van der Waals surface area contributed by atoms with Gasteiger partial charge in [-0.05, 0) is 27.0 Å². The van der Waals surface area contributed by atoms with Gasteiger partial charge in [0.05, 0.1) is 6.61 Å². The summed E-state index contributed by atoms with van der Waals surface area (Å²) in [5.41, 5.74) is 1.07. The number of hydrogen-bond acceptors (Lipinski definition) is 4. The average Bonchev–Trinajstić information content (AvgIpc) is 2.34. The summed E-state index contributed by atoms with van der Waals surface area (Å²) in [7, 11) is 1.92. The van der Waals surface area contributed by atoms with Crippen LogP contribution in [0.1, 0.15) is 25.5 Å². The zero-order valence-electron chi connectivity index (χ0n) is 10.2. The molecule has 0 aromatic carbocycles. The fraction of sp³-hybridized carbons (Fsp3) is 0.583. The molecular formula is C12H20N2O2. The number of nitrogens with zero attached hydrogens (tertiary/aromatic N) is 1. The van der Waals surface area contributed by atoms with E-state index in [0.717, 1.165) is 5.56 Å². The van der Waals surface area contributed by atoms with E-state index in [0.29, 0.717) is 25.7 Å². The Morgan fingerprint density at radius 1 is 1.44 bits per heavy atom. The summed E-state index contributed by atoms with van der Waals surface area (Å²) in [4.78, 5) is 4.23. The Balaban J connectivity index is 2.57. The molecule has 0 radical (unpaired) electrons. The molecule has 0 amide bonds. The van der Waals surface area contributed by atoms with Gasteiger partial charge in [-0.15, -0.1) is 0 Å². The van der Waals surface area contributed by atoms with Crippen molar-refractivity contribution in [2.24, 2.45) is 0 Å². The molecule has 0 aliphatic carbocycles. The predicted molar refractivity (Wildman–Crippen MR) is 63.7 cm³/mol. The average molecular weight is 224 g/mol. The third-order valence-electron chi connectivity index (χ3n) is 2.37. The molecule has 1 aromatic heterocycles. The largest absolute Gasteiger partial charge is 0.475 e. The molecule has 0 saturated carbocycles. The minimum absolute atomic E-state index is 0.232. The highest BCUT2D eigenvalue weighted by molar-refractivity contribution is 5.28. The van der Waals surface area contributed by atoms with Crippen LogP contribution in [-0.4, -0.2) is 31.9 Å². The van der Waals surface area contributed by atoms with Gasteiger partial charge >= 0.3 is 0 Å². The SMILES string of the molecule is CCOCCOc1ncccc1C(C)NC. The first-order valence-electron chi connectivity index (χ1n) is 5.62. The molecule has 0 spiro atoms. The first kappa shape index (κ1) is 12.9. The predicted octanol–water partition coefficient (Wildman–Crippen LogP) is 1.78. The van der Waals surface area contributed by atoms with E-state index in [1.165, 1.54) is 0 Å². The summed E-state index contributed by atoms with van der Waals surface area (Å²) in [6, 6.07) is 4.17. The van der Waals surface area contributed by atoms with Gasteiger partial charge in [-0.1, -0.05) is 6.07 Å². The molecule has 0 bridgehead atoms. The van der Waals surface area contributed by atoms with Crippen LogP contribution >= 0.6 is 0 Å². The van der Waals surface area contributed by atoms with Crippen molar-refractivity contribution in [1.29, 1.82) is 0 Å². The van der Waals surface area contributed by atoms with Gasteiger partial charge in [-0.25, -0.2) is 4.98 Å². The van der Waals surface area contributed by atoms with Crippen molar-refractivity contribution in [3.63, 3.8) is 0 Å². The Morgan fingerprint density at radius 2 is 2.25 bits per heavy atom. The molecule has 1 atom stereocenters. The van der Waals surface area contributed by atoms with Crippen LogP contribution in [0.25, 0.3) is 0 Å². The van der Waals surface area contributed by atoms with E-state index in [1.807, 2.05) is 26.1 Å². The van der Waals surface area contributed by atoms with Crippen LogP contribution < -0.4 is 10.1 Å². The van der Waals surface area contributed by atoms with E-state index in [2.05, 4.69) is 17.2 Å². The van der Waals surface area contributed by atoms with E-state index in [4.69, 9.17) is 9.47 Å². The highest BCUT2D eigenvalue weighted by Crippen LogP contribution is 2.21. The van der Waals surface area contributed by atoms with E-state index >= 15 is 0 Å². The van der Waals surface area contributed by atoms with Gasteiger partial charge < -0.3 is 14.8 Å². The van der Waals surface area contributed by atoms with Crippen molar-refractivity contribution in [3.8, 4) is 5.88 Å². The molecule has 1 unspecified atom stereocenters. The van der Waals surface area contributed by atoms with Crippen molar-refractivity contribution < 1.29 is 9.47 Å². The molecule has 4 nitrogen and oxygen atoms in total. The zero-order valence-corrected chi connectivity index (χ0v) is 10.2. The maximum Gasteiger partial charge on any atom is 0.218 e. The van der Waals surface area contributed by atoms with Crippen LogP contribution in [0.5, 0.6) is 5.88 Å². The lowest BCUT2D eigenvalue weighted by Gasteiger charge is -2.15. The fourth-order valence-electron chi connectivity index (χ4n) is 1.35. The molecule has 0 saturated heterocycles. The third-order valence-corrected chi connectivity index (χ3v) is 2.37. The van der Waals surface area contributed by atoms with Gasteiger partial charge in [0.2, 0.25) is 5.88 Å². The zero-order chi connectivity index (χ0) is 11.8. The summed E-state index contributed by atoms with van der Waals surface area (Å²) in [6.45, 7) is 5.89. The van der Waals surface area contributed by atoms with Crippen molar-refractivity contribution in [2.75, 3.05) is 26.9 Å². The normalized spacial score (nSPS) is 12.4. The summed E-state index contributed by atoms with van der Waals surface area (Å²) in [6.07, 6.45) is 1.74. The van der Waals surface area contributed by atoms with E-state index in [-0.39, 0.29) is 6.04 Å². The lowest BCUT2D eigenvalue weighted by Crippen LogP contribution is -2.15. The molecule has 1 N–H and O–H groups in total. The molecule has 4 heteroatoms. The molecule has 90 valence electrons. The van der Waals surface area contributed by atoms with Gasteiger partial charge in [0.15, 0.2) is 0 Å². The number of ether oxygens (including phenoxy) is 2. The number of pyridine rings is 1. The Labute approximate surface area is 97.0 Å². The molecular weight excluding hydrogens is 204 g/mol. The van der Waals surface area contributed by atoms with Crippen molar-refractivity contribution >= 4 is 0 Å². The van der Waals surface area contributed by atoms with Crippen molar-refractivity contribution in [3.05, 3.63) is 23.9 Å². The van der Waals surface area contributed by atoms with Crippen LogP contribution in [0.3, 0.4) is 0 Å². The van der Waals surface area contributed by atoms with Crippen molar-refractivity contribution in [2.45, 2.75) is 19.9 Å². The minimum Gasteiger partial charge on any atom is -0.475 e. The van der Waals surface area contributed by atoms with E-state index in [1.54, 1.807) is 6.20 Å². The standard InChI is InChI=1S/C12H20N2O2/c1-4-15-8-9-16-12-11(10(2)13-3)6-5-7-14-12/h5-7,10,13H,4,8-9H2,1-3H3. The molecule has 1 aromatic rings. The maximum atomic E-state index is 5.59. The van der Waals surface area contributed by atoms with Gasteiger partial charge in [0, 0.05) is 24.4 Å². The number of rotatable bonds is 7. The third kappa shape index (κ3) is 3.79. The molecule has 1 heterocycles. The molecule has 0 aliphatic rings. The fourth-order valence-corrected chi connectivity index (χ4v) is 1.35. The summed E-state index contributed by atoms with van der Waals surface area (Å²) in [5.74, 6) is 0.684. The Bertz CT molecular complexity index is 305. The van der Waals surface area contributed by atoms with Crippen LogP contribution in [0.15, 0.2) is 18.3 Å². The second kappa shape index (κ2) is 7.19. The molecule has 16 heavy (non-hydrogen) atoms. The summed E-state index contributed by atoms with van der Waals surface area (Å²) in [5, 5.41) is 3.17. The maximum absolute atomic E-state index is 5.59. The van der Waals surface area contributed by atoms with Gasteiger partial charge in [-0.3, -0.25) is 0 Å². The minimum atomic E-state index is 0.232. The summed E-state index contributed by atoms with van der Waals surface area (Å²) >= 11 is 0. The number of nitrogens with one attached hydrogen (secondary N) is 1. The van der Waals surface area contributed by atoms with Crippen LogP contribution in [0.4, 0.5) is 0 Å². The second-order valence-corrected chi connectivity index (χ2v) is 3.45. The van der Waals surface area contributed by atoms with E-state index < -0.39 is 0 Å². The quantitative estimate of drug-likeness (QED) is 0.717. The highest BCUT2D eigenvalue weighted by Gasteiger charge is 2.10. The van der Waals surface area contributed by atoms with Crippen LogP contribution in [0.2, 0.25) is 0 Å². The smallest absolute Gasteiger partial charge is 0.218 e. The Hall–Kier alpha value is -1.13. The molecule has 0 aliphatic heterocycles. The Kier molecular flexibility index (Phi) is 5.82. The monoisotopic (exact) mass is 224 g/mol. The molecule has 0 fully saturated rings. The summed E-state index contributed by atoms with van der Waals surface area (Å²) < 4.78 is 10.8. The first-order valence-corrected chi connectivity index (χ1v) is 5.62. The second-order valence-electron chi connectivity index (χ2n) is 3.45. The number of aromatic nitrogens is 1. The van der Waals surface area contributed by atoms with Crippen LogP contribution in [-0.2, 0) is 4.74 Å². The molecule has 1 rings (SSSR count). The van der Waals surface area contributed by atoms with Crippen molar-refractivity contribution in [1.82, 2.24) is 10.3 Å². The highest BCUT2D eigenvalue weighted by atomic mass is 16.5. The van der Waals surface area contributed by atoms with Gasteiger partial charge in [0.1, 0.15) is 6.61 Å². The topological polar surface area (TPSA) is 43.4 Å². The number of hydrogen-bond donors (Lipinski definition) is 1. The van der Waals surface area contributed by atoms with Gasteiger partial charge in [0.25, 0.3) is 0 Å².